The molecule has 0 saturated carbocycles. The van der Waals surface area contributed by atoms with Gasteiger partial charge in [-0.2, -0.15) is 0 Å². The molecule has 0 saturated heterocycles. The van der Waals surface area contributed by atoms with Crippen molar-refractivity contribution in [1.29, 1.82) is 0 Å². The SMILES string of the molecule is CCC[C@H](C/C(=C\C(=O)OC)OC)N[C@H](C(=O)OC(C)(C)C)C(C)C. The summed E-state index contributed by atoms with van der Waals surface area (Å²) in [6.45, 7) is 11.6. The largest absolute Gasteiger partial charge is 0.501 e. The van der Waals surface area contributed by atoms with Gasteiger partial charge >= 0.3 is 11.9 Å². The summed E-state index contributed by atoms with van der Waals surface area (Å²) in [7, 11) is 2.84. The van der Waals surface area contributed by atoms with Crippen LogP contribution in [0.4, 0.5) is 0 Å². The summed E-state index contributed by atoms with van der Waals surface area (Å²) < 4.78 is 15.5. The minimum absolute atomic E-state index is 0.0132. The van der Waals surface area contributed by atoms with Gasteiger partial charge in [0, 0.05) is 12.5 Å². The van der Waals surface area contributed by atoms with Crippen LogP contribution in [0.5, 0.6) is 0 Å². The highest BCUT2D eigenvalue weighted by Gasteiger charge is 2.30. The zero-order valence-electron chi connectivity index (χ0n) is 17.0. The number of nitrogens with one attached hydrogen (secondary N) is 1. The fourth-order valence-corrected chi connectivity index (χ4v) is 2.38. The average molecular weight is 357 g/mol. The summed E-state index contributed by atoms with van der Waals surface area (Å²) in [5, 5.41) is 3.39. The molecule has 0 spiro atoms. The summed E-state index contributed by atoms with van der Waals surface area (Å²) in [5.41, 5.74) is -0.533. The minimum atomic E-state index is -0.533. The van der Waals surface area contributed by atoms with Gasteiger partial charge in [0.1, 0.15) is 17.4 Å². The summed E-state index contributed by atoms with van der Waals surface area (Å²) in [6, 6.07) is -0.437. The Morgan fingerprint density at radius 2 is 1.72 bits per heavy atom. The van der Waals surface area contributed by atoms with E-state index in [1.807, 2.05) is 34.6 Å². The third-order valence-corrected chi connectivity index (χ3v) is 3.57. The van der Waals surface area contributed by atoms with Gasteiger partial charge in [-0.25, -0.2) is 4.79 Å². The number of rotatable bonds is 10. The van der Waals surface area contributed by atoms with E-state index in [1.54, 1.807) is 0 Å². The molecule has 2 atom stereocenters. The predicted molar refractivity (Wildman–Crippen MR) is 98.0 cm³/mol. The first-order valence-corrected chi connectivity index (χ1v) is 8.85. The molecule has 0 bridgehead atoms. The van der Waals surface area contributed by atoms with Gasteiger partial charge in [-0.3, -0.25) is 4.79 Å². The summed E-state index contributed by atoms with van der Waals surface area (Å²) >= 11 is 0. The number of carbonyl (C=O) groups is 2. The zero-order chi connectivity index (χ0) is 19.6. The van der Waals surface area contributed by atoms with Crippen molar-refractivity contribution in [3.05, 3.63) is 11.8 Å². The Morgan fingerprint density at radius 3 is 2.12 bits per heavy atom. The van der Waals surface area contributed by atoms with Crippen molar-refractivity contribution in [1.82, 2.24) is 5.32 Å². The van der Waals surface area contributed by atoms with Crippen molar-refractivity contribution in [3.8, 4) is 0 Å². The Bertz CT molecular complexity index is 451. The molecule has 1 N–H and O–H groups in total. The molecule has 0 amide bonds. The van der Waals surface area contributed by atoms with Crippen LogP contribution in [0.3, 0.4) is 0 Å². The third kappa shape index (κ3) is 10.1. The molecular weight excluding hydrogens is 322 g/mol. The van der Waals surface area contributed by atoms with Crippen LogP contribution in [0.2, 0.25) is 0 Å². The van der Waals surface area contributed by atoms with Gasteiger partial charge in [-0.15, -0.1) is 0 Å². The topological polar surface area (TPSA) is 73.9 Å². The lowest BCUT2D eigenvalue weighted by Crippen LogP contribution is -2.49. The Balaban J connectivity index is 5.18. The van der Waals surface area contributed by atoms with Gasteiger partial charge in [0.05, 0.1) is 20.3 Å². The number of ether oxygens (including phenoxy) is 3. The lowest BCUT2D eigenvalue weighted by atomic mass is 9.99. The second kappa shape index (κ2) is 11.1. The lowest BCUT2D eigenvalue weighted by Gasteiger charge is -2.30. The van der Waals surface area contributed by atoms with E-state index in [2.05, 4.69) is 17.0 Å². The molecule has 0 aliphatic carbocycles. The van der Waals surface area contributed by atoms with E-state index in [1.165, 1.54) is 20.3 Å². The highest BCUT2D eigenvalue weighted by atomic mass is 16.6. The molecule has 0 aromatic heterocycles. The van der Waals surface area contributed by atoms with Crippen LogP contribution < -0.4 is 5.32 Å². The molecule has 0 aromatic rings. The molecule has 0 fully saturated rings. The number of hydrogen-bond acceptors (Lipinski definition) is 6. The van der Waals surface area contributed by atoms with E-state index in [0.717, 1.165) is 12.8 Å². The fraction of sp³-hybridized carbons (Fsp3) is 0.789. The van der Waals surface area contributed by atoms with Crippen LogP contribution in [0.1, 0.15) is 60.8 Å². The van der Waals surface area contributed by atoms with Gasteiger partial charge < -0.3 is 19.5 Å². The van der Waals surface area contributed by atoms with Gasteiger partial charge in [0.2, 0.25) is 0 Å². The molecular formula is C19H35NO5. The van der Waals surface area contributed by atoms with Crippen LogP contribution in [-0.4, -0.2) is 43.8 Å². The molecule has 0 aliphatic heterocycles. The maximum absolute atomic E-state index is 12.5. The van der Waals surface area contributed by atoms with Crippen LogP contribution in [0.25, 0.3) is 0 Å². The smallest absolute Gasteiger partial charge is 0.333 e. The van der Waals surface area contributed by atoms with E-state index in [9.17, 15) is 9.59 Å². The first kappa shape index (κ1) is 23.4. The number of hydrogen-bond donors (Lipinski definition) is 1. The molecule has 25 heavy (non-hydrogen) atoms. The third-order valence-electron chi connectivity index (χ3n) is 3.57. The molecule has 0 rings (SSSR count). The number of methoxy groups -OCH3 is 2. The first-order chi connectivity index (χ1) is 11.5. The molecule has 0 aliphatic rings. The summed E-state index contributed by atoms with van der Waals surface area (Å²) in [5.74, 6) is -0.131. The second-order valence-electron chi connectivity index (χ2n) is 7.45. The molecule has 6 heteroatoms. The van der Waals surface area contributed by atoms with E-state index in [0.29, 0.717) is 12.2 Å². The minimum Gasteiger partial charge on any atom is -0.501 e. The number of carbonyl (C=O) groups excluding carboxylic acids is 2. The van der Waals surface area contributed by atoms with Crippen LogP contribution in [0, 0.1) is 5.92 Å². The number of esters is 2. The highest BCUT2D eigenvalue weighted by molar-refractivity contribution is 5.82. The van der Waals surface area contributed by atoms with Crippen LogP contribution in [-0.2, 0) is 23.8 Å². The monoisotopic (exact) mass is 357 g/mol. The van der Waals surface area contributed by atoms with Crippen LogP contribution in [0.15, 0.2) is 11.8 Å². The standard InChI is InChI=1S/C19H35NO5/c1-9-10-14(11-15(23-7)12-16(21)24-8)20-17(13(2)3)18(22)25-19(4,5)6/h12-14,17,20H,9-11H2,1-8H3/b15-12+/t14-,17+/m1/s1. The maximum atomic E-state index is 12.5. The maximum Gasteiger partial charge on any atom is 0.333 e. The molecule has 0 heterocycles. The highest BCUT2D eigenvalue weighted by Crippen LogP contribution is 2.17. The quantitative estimate of drug-likeness (QED) is 0.368. The Labute approximate surface area is 152 Å². The Hall–Kier alpha value is -1.56. The molecule has 0 unspecified atom stereocenters. The van der Waals surface area contributed by atoms with Crippen molar-refractivity contribution in [2.75, 3.05) is 14.2 Å². The van der Waals surface area contributed by atoms with Crippen molar-refractivity contribution < 1.29 is 23.8 Å². The van der Waals surface area contributed by atoms with Gasteiger partial charge in [0.25, 0.3) is 0 Å². The fourth-order valence-electron chi connectivity index (χ4n) is 2.38. The van der Waals surface area contributed by atoms with Crippen molar-refractivity contribution >= 4 is 11.9 Å². The van der Waals surface area contributed by atoms with E-state index in [-0.39, 0.29) is 17.9 Å². The van der Waals surface area contributed by atoms with Crippen molar-refractivity contribution in [3.63, 3.8) is 0 Å². The van der Waals surface area contributed by atoms with E-state index >= 15 is 0 Å². The molecule has 0 radical (unpaired) electrons. The molecule has 146 valence electrons. The average Bonchev–Trinajstić information content (AvgIpc) is 2.49. The lowest BCUT2D eigenvalue weighted by molar-refractivity contribution is -0.159. The Kier molecular flexibility index (Phi) is 10.4. The van der Waals surface area contributed by atoms with E-state index in [4.69, 9.17) is 9.47 Å². The van der Waals surface area contributed by atoms with Gasteiger partial charge in [0.15, 0.2) is 0 Å². The first-order valence-electron chi connectivity index (χ1n) is 8.85. The summed E-state index contributed by atoms with van der Waals surface area (Å²) in [6.07, 6.45) is 3.60. The van der Waals surface area contributed by atoms with E-state index < -0.39 is 17.6 Å². The van der Waals surface area contributed by atoms with Gasteiger partial charge in [-0.05, 0) is 33.1 Å². The normalized spacial score (nSPS) is 14.8. The Morgan fingerprint density at radius 1 is 1.12 bits per heavy atom. The van der Waals surface area contributed by atoms with Crippen molar-refractivity contribution in [2.45, 2.75) is 78.5 Å². The molecule has 0 aromatic carbocycles. The zero-order valence-corrected chi connectivity index (χ0v) is 17.0. The molecule has 6 nitrogen and oxygen atoms in total. The second-order valence-corrected chi connectivity index (χ2v) is 7.45. The predicted octanol–water partition coefficient (Wildman–Crippen LogP) is 3.20. The van der Waals surface area contributed by atoms with Gasteiger partial charge in [-0.1, -0.05) is 27.2 Å². The van der Waals surface area contributed by atoms with Crippen molar-refractivity contribution in [2.24, 2.45) is 5.92 Å². The van der Waals surface area contributed by atoms with Crippen LogP contribution >= 0.6 is 0 Å². The summed E-state index contributed by atoms with van der Waals surface area (Å²) in [4.78, 5) is 24.0.